The van der Waals surface area contributed by atoms with Crippen molar-refractivity contribution >= 4 is 11.8 Å². The lowest BCUT2D eigenvalue weighted by Gasteiger charge is -2.28. The molecule has 0 bridgehead atoms. The van der Waals surface area contributed by atoms with Crippen LogP contribution in [0.2, 0.25) is 0 Å². The molecule has 0 spiro atoms. The van der Waals surface area contributed by atoms with Gasteiger partial charge in [-0.3, -0.25) is 9.59 Å². The summed E-state index contributed by atoms with van der Waals surface area (Å²) in [5.41, 5.74) is 3.99. The summed E-state index contributed by atoms with van der Waals surface area (Å²) < 4.78 is 10.3. The Morgan fingerprint density at radius 1 is 1.05 bits per heavy atom. The average molecular weight is 505 g/mol. The van der Waals surface area contributed by atoms with Crippen LogP contribution in [0.3, 0.4) is 0 Å². The van der Waals surface area contributed by atoms with Crippen LogP contribution in [0.15, 0.2) is 65.5 Å². The number of nitrogens with zero attached hydrogens (tertiary/aromatic N) is 1. The van der Waals surface area contributed by atoms with Crippen molar-refractivity contribution in [2.45, 2.75) is 51.5 Å². The summed E-state index contributed by atoms with van der Waals surface area (Å²) in [6.07, 6.45) is 6.17. The summed E-state index contributed by atoms with van der Waals surface area (Å²) in [5.74, 6) is 0.248. The number of rotatable bonds is 10. The number of phenols is 1. The van der Waals surface area contributed by atoms with Crippen LogP contribution < -0.4 is 5.32 Å². The summed E-state index contributed by atoms with van der Waals surface area (Å²) in [6, 6.07) is 15.3. The molecule has 3 aromatic rings. The number of ether oxygens (including phenoxy) is 1. The molecule has 0 unspecified atom stereocenters. The van der Waals surface area contributed by atoms with Crippen LogP contribution in [-0.4, -0.2) is 48.1 Å². The van der Waals surface area contributed by atoms with E-state index in [2.05, 4.69) is 25.2 Å². The van der Waals surface area contributed by atoms with Gasteiger partial charge >= 0.3 is 0 Å². The second-order valence-corrected chi connectivity index (χ2v) is 10.2. The topological polar surface area (TPSA) is 92.0 Å². The molecule has 0 saturated carbocycles. The monoisotopic (exact) mass is 504 g/mol. The van der Waals surface area contributed by atoms with Gasteiger partial charge in [0.2, 0.25) is 5.91 Å². The van der Waals surface area contributed by atoms with Crippen molar-refractivity contribution in [1.82, 2.24) is 10.2 Å². The van der Waals surface area contributed by atoms with Crippen LogP contribution in [0.25, 0.3) is 11.1 Å². The van der Waals surface area contributed by atoms with E-state index in [9.17, 15) is 14.7 Å². The first-order valence-electron chi connectivity index (χ1n) is 12.9. The molecule has 0 aliphatic carbocycles. The zero-order valence-electron chi connectivity index (χ0n) is 21.7. The molecule has 1 aromatic heterocycles. The van der Waals surface area contributed by atoms with Gasteiger partial charge in [0.05, 0.1) is 25.0 Å². The fourth-order valence-electron chi connectivity index (χ4n) is 4.68. The zero-order chi connectivity index (χ0) is 26.3. The number of hydrogen-bond acceptors (Lipinski definition) is 5. The van der Waals surface area contributed by atoms with E-state index < -0.39 is 0 Å². The normalized spacial score (nSPS) is 13.9. The van der Waals surface area contributed by atoms with Crippen molar-refractivity contribution in [3.05, 3.63) is 77.7 Å². The molecule has 7 nitrogen and oxygen atoms in total. The van der Waals surface area contributed by atoms with Gasteiger partial charge in [0.15, 0.2) is 0 Å². The lowest BCUT2D eigenvalue weighted by molar-refractivity contribution is -0.135. The van der Waals surface area contributed by atoms with Crippen molar-refractivity contribution in [2.75, 3.05) is 26.3 Å². The number of hydrogen-bond donors (Lipinski definition) is 2. The molecule has 2 amide bonds. The Balaban J connectivity index is 1.33. The molecule has 7 heteroatoms. The molecular formula is C30H36N2O5. The SMILES string of the molecule is CC(C)(CCCCC(=O)N1CCOCC1)c1ccc(-c2cccc(CNC(=O)c3ccoc3)c2)c(O)c1. The molecule has 0 atom stereocenters. The van der Waals surface area contributed by atoms with E-state index in [-0.39, 0.29) is 23.0 Å². The Labute approximate surface area is 218 Å². The standard InChI is InChI=1S/C30H36N2O5/c1-30(2,12-4-3-8-28(34)32-13-16-36-17-14-32)25-9-10-26(27(33)19-25)23-7-5-6-22(18-23)20-31-29(35)24-11-15-37-21-24/h5-7,9-11,15,18-19,21,33H,3-4,8,12-14,16-17,20H2,1-2H3,(H,31,35). The van der Waals surface area contributed by atoms with Gasteiger partial charge in [-0.15, -0.1) is 0 Å². The van der Waals surface area contributed by atoms with Crippen molar-refractivity contribution in [3.63, 3.8) is 0 Å². The van der Waals surface area contributed by atoms with E-state index in [4.69, 9.17) is 9.15 Å². The third-order valence-electron chi connectivity index (χ3n) is 7.06. The van der Waals surface area contributed by atoms with Gasteiger partial charge in [-0.25, -0.2) is 0 Å². The predicted octanol–water partition coefficient (Wildman–Crippen LogP) is 5.28. The average Bonchev–Trinajstić information content (AvgIpc) is 3.45. The summed E-state index contributed by atoms with van der Waals surface area (Å²) in [4.78, 5) is 26.5. The van der Waals surface area contributed by atoms with Gasteiger partial charge in [0, 0.05) is 31.6 Å². The highest BCUT2D eigenvalue weighted by molar-refractivity contribution is 5.93. The molecule has 0 radical (unpaired) electrons. The fraction of sp³-hybridized carbons (Fsp3) is 0.400. The van der Waals surface area contributed by atoms with Crippen molar-refractivity contribution in [1.29, 1.82) is 0 Å². The highest BCUT2D eigenvalue weighted by Crippen LogP contribution is 2.36. The molecule has 37 heavy (non-hydrogen) atoms. The Kier molecular flexibility index (Phi) is 8.66. The number of furan rings is 1. The highest BCUT2D eigenvalue weighted by atomic mass is 16.5. The molecule has 2 heterocycles. The van der Waals surface area contributed by atoms with E-state index in [1.54, 1.807) is 6.07 Å². The number of amides is 2. The van der Waals surface area contributed by atoms with Crippen LogP contribution in [0.4, 0.5) is 0 Å². The molecule has 1 aliphatic rings. The third-order valence-corrected chi connectivity index (χ3v) is 7.06. The maximum atomic E-state index is 12.4. The molecule has 1 fully saturated rings. The number of carbonyl (C=O) groups excluding carboxylic acids is 2. The molecule has 4 rings (SSSR count). The van der Waals surface area contributed by atoms with Crippen molar-refractivity contribution in [3.8, 4) is 16.9 Å². The van der Waals surface area contributed by atoms with Crippen molar-refractivity contribution in [2.24, 2.45) is 0 Å². The second-order valence-electron chi connectivity index (χ2n) is 10.2. The number of carbonyl (C=O) groups is 2. The van der Waals surface area contributed by atoms with Crippen LogP contribution in [-0.2, 0) is 21.5 Å². The van der Waals surface area contributed by atoms with Gasteiger partial charge in [0.25, 0.3) is 5.91 Å². The number of phenolic OH excluding ortho intramolecular Hbond substituents is 1. The molecule has 1 saturated heterocycles. The van der Waals surface area contributed by atoms with E-state index in [1.807, 2.05) is 41.3 Å². The lowest BCUT2D eigenvalue weighted by Crippen LogP contribution is -2.40. The van der Waals surface area contributed by atoms with Crippen LogP contribution >= 0.6 is 0 Å². The van der Waals surface area contributed by atoms with E-state index >= 15 is 0 Å². The maximum absolute atomic E-state index is 12.4. The molecule has 1 aliphatic heterocycles. The van der Waals surface area contributed by atoms with Gasteiger partial charge < -0.3 is 24.5 Å². The number of benzene rings is 2. The molecule has 196 valence electrons. The Hall–Kier alpha value is -3.58. The van der Waals surface area contributed by atoms with Crippen LogP contribution in [0, 0.1) is 0 Å². The zero-order valence-corrected chi connectivity index (χ0v) is 21.7. The minimum Gasteiger partial charge on any atom is -0.507 e. The van der Waals surface area contributed by atoms with E-state index in [0.29, 0.717) is 44.8 Å². The quantitative estimate of drug-likeness (QED) is 0.367. The third kappa shape index (κ3) is 7.01. The minimum atomic E-state index is -0.195. The van der Waals surface area contributed by atoms with Crippen molar-refractivity contribution < 1.29 is 23.8 Å². The van der Waals surface area contributed by atoms with E-state index in [0.717, 1.165) is 41.5 Å². The number of morpholine rings is 1. The molecule has 2 N–H and O–H groups in total. The molecular weight excluding hydrogens is 468 g/mol. The second kappa shape index (κ2) is 12.1. The minimum absolute atomic E-state index is 0.128. The highest BCUT2D eigenvalue weighted by Gasteiger charge is 2.22. The smallest absolute Gasteiger partial charge is 0.254 e. The van der Waals surface area contributed by atoms with Gasteiger partial charge in [0.1, 0.15) is 12.0 Å². The Bertz CT molecular complexity index is 1200. The van der Waals surface area contributed by atoms with Crippen LogP contribution in [0.5, 0.6) is 5.75 Å². The summed E-state index contributed by atoms with van der Waals surface area (Å²) in [5, 5.41) is 13.8. The largest absolute Gasteiger partial charge is 0.507 e. The Morgan fingerprint density at radius 2 is 1.86 bits per heavy atom. The first kappa shape index (κ1) is 26.5. The molecule has 2 aromatic carbocycles. The van der Waals surface area contributed by atoms with Gasteiger partial charge in [-0.2, -0.15) is 0 Å². The van der Waals surface area contributed by atoms with Crippen LogP contribution in [0.1, 0.15) is 61.0 Å². The summed E-state index contributed by atoms with van der Waals surface area (Å²) >= 11 is 0. The van der Waals surface area contributed by atoms with Gasteiger partial charge in [-0.1, -0.05) is 50.6 Å². The predicted molar refractivity (Wildman–Crippen MR) is 142 cm³/mol. The lowest BCUT2D eigenvalue weighted by atomic mass is 9.79. The van der Waals surface area contributed by atoms with Gasteiger partial charge in [-0.05, 0) is 53.1 Å². The Morgan fingerprint density at radius 3 is 2.59 bits per heavy atom. The summed E-state index contributed by atoms with van der Waals surface area (Å²) in [6.45, 7) is 7.37. The number of nitrogens with one attached hydrogen (secondary N) is 1. The maximum Gasteiger partial charge on any atom is 0.254 e. The number of unbranched alkanes of at least 4 members (excludes halogenated alkanes) is 1. The summed E-state index contributed by atoms with van der Waals surface area (Å²) in [7, 11) is 0. The number of aromatic hydroxyl groups is 1. The van der Waals surface area contributed by atoms with E-state index in [1.165, 1.54) is 12.5 Å². The first-order chi connectivity index (χ1) is 17.8. The fourth-order valence-corrected chi connectivity index (χ4v) is 4.68. The first-order valence-corrected chi connectivity index (χ1v) is 12.9.